The first kappa shape index (κ1) is 5.80. The van der Waals surface area contributed by atoms with E-state index >= 15 is 0 Å². The van der Waals surface area contributed by atoms with E-state index in [1.165, 1.54) is 12.8 Å². The molecule has 0 atom stereocenters. The minimum Gasteiger partial charge on any atom is -0.300 e. The van der Waals surface area contributed by atoms with E-state index in [9.17, 15) is 4.79 Å². The predicted molar refractivity (Wildman–Crippen MR) is 32.6 cm³/mol. The Balaban J connectivity index is 2.29. The van der Waals surface area contributed by atoms with Gasteiger partial charge in [-0.25, -0.2) is 0 Å². The second kappa shape index (κ2) is 1.57. The van der Waals surface area contributed by atoms with Crippen molar-refractivity contribution in [2.75, 3.05) is 0 Å². The molecule has 1 aliphatic carbocycles. The van der Waals surface area contributed by atoms with E-state index in [1.54, 1.807) is 6.92 Å². The Morgan fingerprint density at radius 2 is 2.12 bits per heavy atom. The molecule has 0 radical (unpaired) electrons. The molecule has 1 saturated carbocycles. The van der Waals surface area contributed by atoms with Crippen molar-refractivity contribution in [3.8, 4) is 0 Å². The van der Waals surface area contributed by atoms with Crippen LogP contribution in [-0.2, 0) is 4.79 Å². The molecule has 0 aromatic heterocycles. The topological polar surface area (TPSA) is 17.1 Å². The maximum Gasteiger partial charge on any atom is 0.130 e. The van der Waals surface area contributed by atoms with Crippen LogP contribution in [-0.4, -0.2) is 5.78 Å². The number of carbonyl (C=O) groups excluding carboxylic acids is 1. The number of carbonyl (C=O) groups is 1. The summed E-state index contributed by atoms with van der Waals surface area (Å²) in [5.74, 6) is 0.338. The Morgan fingerprint density at radius 1 is 1.62 bits per heavy atom. The maximum atomic E-state index is 10.5. The second-order valence-electron chi connectivity index (χ2n) is 3.19. The molecular weight excluding hydrogens is 100 g/mol. The van der Waals surface area contributed by atoms with E-state index in [4.69, 9.17) is 0 Å². The molecule has 0 unspecified atom stereocenters. The molecule has 0 N–H and O–H groups in total. The summed E-state index contributed by atoms with van der Waals surface area (Å²) >= 11 is 0. The Morgan fingerprint density at radius 3 is 2.25 bits per heavy atom. The molecule has 1 rings (SSSR count). The highest BCUT2D eigenvalue weighted by molar-refractivity contribution is 5.76. The van der Waals surface area contributed by atoms with Gasteiger partial charge in [-0.15, -0.1) is 0 Å². The lowest BCUT2D eigenvalue weighted by Gasteiger charge is -2.00. The van der Waals surface area contributed by atoms with Crippen molar-refractivity contribution >= 4 is 5.78 Å². The van der Waals surface area contributed by atoms with Crippen LogP contribution in [0.1, 0.15) is 33.1 Å². The predicted octanol–water partition coefficient (Wildman–Crippen LogP) is 1.77. The smallest absolute Gasteiger partial charge is 0.130 e. The monoisotopic (exact) mass is 112 g/mol. The molecule has 0 heterocycles. The molecule has 0 amide bonds. The van der Waals surface area contributed by atoms with Crippen LogP contribution >= 0.6 is 0 Å². The van der Waals surface area contributed by atoms with Gasteiger partial charge >= 0.3 is 0 Å². The van der Waals surface area contributed by atoms with Gasteiger partial charge < -0.3 is 4.79 Å². The Bertz CT molecular complexity index is 112. The van der Waals surface area contributed by atoms with Crippen molar-refractivity contribution in [2.24, 2.45) is 5.41 Å². The Labute approximate surface area is 50.1 Å². The summed E-state index contributed by atoms with van der Waals surface area (Å²) in [4.78, 5) is 10.5. The molecule has 0 spiro atoms. The van der Waals surface area contributed by atoms with Crippen LogP contribution in [0.25, 0.3) is 0 Å². The summed E-state index contributed by atoms with van der Waals surface area (Å²) in [5, 5.41) is 0. The van der Waals surface area contributed by atoms with Crippen molar-refractivity contribution < 1.29 is 4.79 Å². The van der Waals surface area contributed by atoms with Crippen LogP contribution in [0, 0.1) is 5.41 Å². The Kier molecular flexibility index (Phi) is 1.14. The van der Waals surface area contributed by atoms with Gasteiger partial charge in [0.05, 0.1) is 0 Å². The van der Waals surface area contributed by atoms with Gasteiger partial charge in [-0.3, -0.25) is 0 Å². The van der Waals surface area contributed by atoms with Gasteiger partial charge in [0.25, 0.3) is 0 Å². The van der Waals surface area contributed by atoms with Gasteiger partial charge in [0, 0.05) is 6.42 Å². The molecule has 0 aromatic carbocycles. The largest absolute Gasteiger partial charge is 0.300 e. The average molecular weight is 112 g/mol. The van der Waals surface area contributed by atoms with E-state index in [1.807, 2.05) is 0 Å². The van der Waals surface area contributed by atoms with Gasteiger partial charge in [-0.2, -0.15) is 0 Å². The third kappa shape index (κ3) is 1.32. The zero-order valence-corrected chi connectivity index (χ0v) is 5.53. The van der Waals surface area contributed by atoms with Crippen LogP contribution in [0.4, 0.5) is 0 Å². The average Bonchev–Trinajstić information content (AvgIpc) is 2.17. The van der Waals surface area contributed by atoms with Crippen molar-refractivity contribution in [3.05, 3.63) is 0 Å². The fraction of sp³-hybridized carbons (Fsp3) is 0.857. The molecule has 1 heteroatoms. The number of rotatable bonds is 2. The lowest BCUT2D eigenvalue weighted by atomic mass is 10.0. The normalized spacial score (nSPS) is 22.8. The van der Waals surface area contributed by atoms with Gasteiger partial charge in [0.15, 0.2) is 0 Å². The molecule has 1 nitrogen and oxygen atoms in total. The fourth-order valence-electron chi connectivity index (χ4n) is 0.991. The van der Waals surface area contributed by atoms with E-state index in [-0.39, 0.29) is 0 Å². The van der Waals surface area contributed by atoms with Crippen LogP contribution in [0.15, 0.2) is 0 Å². The maximum absolute atomic E-state index is 10.5. The number of ketones is 1. The van der Waals surface area contributed by atoms with E-state index in [2.05, 4.69) is 6.92 Å². The summed E-state index contributed by atoms with van der Waals surface area (Å²) in [7, 11) is 0. The quantitative estimate of drug-likeness (QED) is 0.532. The molecule has 1 aliphatic rings. The zero-order chi connectivity index (χ0) is 6.20. The van der Waals surface area contributed by atoms with Gasteiger partial charge in [0.2, 0.25) is 0 Å². The highest BCUT2D eigenvalue weighted by Crippen LogP contribution is 2.47. The van der Waals surface area contributed by atoms with Crippen molar-refractivity contribution in [1.82, 2.24) is 0 Å². The molecule has 0 aromatic rings. The third-order valence-electron chi connectivity index (χ3n) is 1.78. The summed E-state index contributed by atoms with van der Waals surface area (Å²) in [5.41, 5.74) is 0.422. The van der Waals surface area contributed by atoms with Gasteiger partial charge in [0.1, 0.15) is 5.78 Å². The molecule has 8 heavy (non-hydrogen) atoms. The van der Waals surface area contributed by atoms with Crippen molar-refractivity contribution in [2.45, 2.75) is 33.1 Å². The van der Waals surface area contributed by atoms with E-state index in [0.29, 0.717) is 11.2 Å². The summed E-state index contributed by atoms with van der Waals surface area (Å²) in [6.45, 7) is 3.85. The molecule has 0 saturated heterocycles. The number of hydrogen-bond acceptors (Lipinski definition) is 1. The van der Waals surface area contributed by atoms with Crippen LogP contribution in [0.2, 0.25) is 0 Å². The standard InChI is InChI=1S/C7H12O/c1-6(8)5-7(2)3-4-7/h3-5H2,1-2H3. The first-order valence-electron chi connectivity index (χ1n) is 3.12. The molecule has 0 aliphatic heterocycles. The van der Waals surface area contributed by atoms with Gasteiger partial charge in [-0.1, -0.05) is 6.92 Å². The number of hydrogen-bond donors (Lipinski definition) is 0. The molecule has 46 valence electrons. The highest BCUT2D eigenvalue weighted by Gasteiger charge is 2.37. The molecular formula is C7H12O. The number of Topliss-reactive ketones (excluding diaryl/α,β-unsaturated/α-hetero) is 1. The van der Waals surface area contributed by atoms with Crippen molar-refractivity contribution in [1.29, 1.82) is 0 Å². The fourth-order valence-corrected chi connectivity index (χ4v) is 0.991. The van der Waals surface area contributed by atoms with E-state index in [0.717, 1.165) is 6.42 Å². The van der Waals surface area contributed by atoms with Crippen LogP contribution in [0.5, 0.6) is 0 Å². The highest BCUT2D eigenvalue weighted by atomic mass is 16.1. The molecule has 1 fully saturated rings. The van der Waals surface area contributed by atoms with Crippen LogP contribution in [0.3, 0.4) is 0 Å². The second-order valence-corrected chi connectivity index (χ2v) is 3.19. The summed E-state index contributed by atoms with van der Waals surface area (Å²) in [6, 6.07) is 0. The minimum atomic E-state index is 0.338. The SMILES string of the molecule is CC(=O)CC1(C)CC1. The van der Waals surface area contributed by atoms with E-state index < -0.39 is 0 Å². The van der Waals surface area contributed by atoms with Crippen LogP contribution < -0.4 is 0 Å². The zero-order valence-electron chi connectivity index (χ0n) is 5.53. The minimum absolute atomic E-state index is 0.338. The van der Waals surface area contributed by atoms with Gasteiger partial charge in [-0.05, 0) is 25.2 Å². The third-order valence-corrected chi connectivity index (χ3v) is 1.78. The first-order chi connectivity index (χ1) is 3.62. The lowest BCUT2D eigenvalue weighted by Crippen LogP contribution is -2.00. The first-order valence-corrected chi connectivity index (χ1v) is 3.12. The summed E-state index contributed by atoms with van der Waals surface area (Å²) in [6.07, 6.45) is 3.31. The lowest BCUT2D eigenvalue weighted by molar-refractivity contribution is -0.118. The summed E-state index contributed by atoms with van der Waals surface area (Å²) < 4.78 is 0. The molecule has 0 bridgehead atoms. The Hall–Kier alpha value is -0.330. The van der Waals surface area contributed by atoms with Crippen molar-refractivity contribution in [3.63, 3.8) is 0 Å².